The molecule has 1 atom stereocenters. The van der Waals surface area contributed by atoms with Crippen molar-refractivity contribution in [2.45, 2.75) is 38.1 Å². The third kappa shape index (κ3) is 4.20. The van der Waals surface area contributed by atoms with Crippen LogP contribution in [-0.4, -0.2) is 25.0 Å². The van der Waals surface area contributed by atoms with E-state index in [0.717, 1.165) is 22.0 Å². The van der Waals surface area contributed by atoms with Crippen molar-refractivity contribution in [1.29, 1.82) is 0 Å². The van der Waals surface area contributed by atoms with Gasteiger partial charge in [0.1, 0.15) is 0 Å². The molecule has 1 aromatic carbocycles. The fourth-order valence-electron chi connectivity index (χ4n) is 3.22. The maximum Gasteiger partial charge on any atom is 0.0478 e. The molecule has 2 rings (SSSR count). The Morgan fingerprint density at radius 2 is 2.05 bits per heavy atom. The third-order valence-corrected chi connectivity index (χ3v) is 5.27. The van der Waals surface area contributed by atoms with Crippen molar-refractivity contribution in [2.24, 2.45) is 11.7 Å². The van der Waals surface area contributed by atoms with Gasteiger partial charge in [-0.25, -0.2) is 0 Å². The van der Waals surface area contributed by atoms with Gasteiger partial charge in [0.25, 0.3) is 0 Å². The van der Waals surface area contributed by atoms with E-state index in [0.29, 0.717) is 6.54 Å². The second-order valence-corrected chi connectivity index (χ2v) is 7.15. The molecule has 0 bridgehead atoms. The van der Waals surface area contributed by atoms with Crippen LogP contribution in [0.1, 0.15) is 43.7 Å². The monoisotopic (exact) mass is 358 g/mol. The van der Waals surface area contributed by atoms with Crippen LogP contribution in [0.3, 0.4) is 0 Å². The zero-order valence-corrected chi connectivity index (χ0v) is 14.5. The molecule has 0 spiro atoms. The highest BCUT2D eigenvalue weighted by Crippen LogP contribution is 2.31. The average molecular weight is 360 g/mol. The molecular weight excluding hydrogens is 336 g/mol. The molecule has 112 valence electrons. The SMILES string of the molecule is CN(CC1CCCCC1)C(CN)c1ccc(Cl)cc1Br. The summed E-state index contributed by atoms with van der Waals surface area (Å²) in [5.41, 5.74) is 7.25. The quantitative estimate of drug-likeness (QED) is 0.831. The summed E-state index contributed by atoms with van der Waals surface area (Å²) in [5.74, 6) is 0.828. The first kappa shape index (κ1) is 16.3. The van der Waals surface area contributed by atoms with Gasteiger partial charge < -0.3 is 5.73 Å². The van der Waals surface area contributed by atoms with Crippen LogP contribution in [0.2, 0.25) is 5.02 Å². The Morgan fingerprint density at radius 3 is 2.65 bits per heavy atom. The number of hydrogen-bond acceptors (Lipinski definition) is 2. The lowest BCUT2D eigenvalue weighted by molar-refractivity contribution is 0.185. The predicted octanol–water partition coefficient (Wildman–Crippen LogP) is 4.61. The van der Waals surface area contributed by atoms with E-state index in [1.807, 2.05) is 12.1 Å². The summed E-state index contributed by atoms with van der Waals surface area (Å²) in [6.45, 7) is 1.76. The highest BCUT2D eigenvalue weighted by molar-refractivity contribution is 9.10. The van der Waals surface area contributed by atoms with Gasteiger partial charge in [0.05, 0.1) is 0 Å². The lowest BCUT2D eigenvalue weighted by Gasteiger charge is -2.33. The summed E-state index contributed by atoms with van der Waals surface area (Å²) in [7, 11) is 2.19. The normalized spacial score (nSPS) is 18.4. The van der Waals surface area contributed by atoms with E-state index in [4.69, 9.17) is 17.3 Å². The largest absolute Gasteiger partial charge is 0.329 e. The average Bonchev–Trinajstić information content (AvgIpc) is 2.43. The van der Waals surface area contributed by atoms with Crippen molar-refractivity contribution < 1.29 is 0 Å². The van der Waals surface area contributed by atoms with Gasteiger partial charge in [0.2, 0.25) is 0 Å². The minimum absolute atomic E-state index is 0.253. The summed E-state index contributed by atoms with van der Waals surface area (Å²) in [5, 5.41) is 0.756. The zero-order chi connectivity index (χ0) is 14.5. The highest BCUT2D eigenvalue weighted by atomic mass is 79.9. The van der Waals surface area contributed by atoms with Gasteiger partial charge in [0.15, 0.2) is 0 Å². The van der Waals surface area contributed by atoms with Crippen LogP contribution >= 0.6 is 27.5 Å². The standard InChI is InChI=1S/C16H24BrClN2/c1-20(11-12-5-3-2-4-6-12)16(10-19)14-8-7-13(18)9-15(14)17/h7-9,12,16H,2-6,10-11,19H2,1H3. The molecule has 0 aromatic heterocycles. The number of likely N-dealkylation sites (N-methyl/N-ethyl adjacent to an activating group) is 1. The van der Waals surface area contributed by atoms with Crippen LogP contribution < -0.4 is 5.73 Å². The second-order valence-electron chi connectivity index (χ2n) is 5.86. The van der Waals surface area contributed by atoms with Crippen molar-refractivity contribution in [3.63, 3.8) is 0 Å². The summed E-state index contributed by atoms with van der Waals surface area (Å²) >= 11 is 9.64. The lowest BCUT2D eigenvalue weighted by Crippen LogP contribution is -2.35. The first-order chi connectivity index (χ1) is 9.61. The van der Waals surface area contributed by atoms with E-state index in [9.17, 15) is 0 Å². The first-order valence-electron chi connectivity index (χ1n) is 7.47. The molecule has 1 aliphatic carbocycles. The van der Waals surface area contributed by atoms with Crippen LogP contribution in [0.15, 0.2) is 22.7 Å². The van der Waals surface area contributed by atoms with E-state index in [1.165, 1.54) is 37.7 Å². The topological polar surface area (TPSA) is 29.3 Å². The number of nitrogens with zero attached hydrogens (tertiary/aromatic N) is 1. The molecule has 1 aromatic rings. The number of halogens is 2. The van der Waals surface area contributed by atoms with Crippen molar-refractivity contribution in [2.75, 3.05) is 20.1 Å². The fourth-order valence-corrected chi connectivity index (χ4v) is 4.17. The first-order valence-corrected chi connectivity index (χ1v) is 8.64. The van der Waals surface area contributed by atoms with Crippen LogP contribution in [-0.2, 0) is 0 Å². The summed E-state index contributed by atoms with van der Waals surface area (Å²) in [4.78, 5) is 2.41. The van der Waals surface area contributed by atoms with E-state index in [1.54, 1.807) is 0 Å². The minimum atomic E-state index is 0.253. The summed E-state index contributed by atoms with van der Waals surface area (Å²) in [6, 6.07) is 6.23. The van der Waals surface area contributed by atoms with Crippen molar-refractivity contribution >= 4 is 27.5 Å². The highest BCUT2D eigenvalue weighted by Gasteiger charge is 2.22. The molecular formula is C16H24BrClN2. The summed E-state index contributed by atoms with van der Waals surface area (Å²) in [6.07, 6.45) is 6.91. The molecule has 2 nitrogen and oxygen atoms in total. The molecule has 1 saturated carbocycles. The van der Waals surface area contributed by atoms with Crippen molar-refractivity contribution in [3.8, 4) is 0 Å². The minimum Gasteiger partial charge on any atom is -0.329 e. The van der Waals surface area contributed by atoms with Gasteiger partial charge in [0, 0.05) is 28.6 Å². The Hall–Kier alpha value is -0.0900. The predicted molar refractivity (Wildman–Crippen MR) is 90.2 cm³/mol. The van der Waals surface area contributed by atoms with Crippen LogP contribution in [0.4, 0.5) is 0 Å². The number of benzene rings is 1. The van der Waals surface area contributed by atoms with Crippen LogP contribution in [0.5, 0.6) is 0 Å². The van der Waals surface area contributed by atoms with E-state index in [-0.39, 0.29) is 6.04 Å². The molecule has 2 N–H and O–H groups in total. The van der Waals surface area contributed by atoms with Gasteiger partial charge in [-0.15, -0.1) is 0 Å². The van der Waals surface area contributed by atoms with Crippen LogP contribution in [0, 0.1) is 5.92 Å². The molecule has 1 fully saturated rings. The third-order valence-electron chi connectivity index (χ3n) is 4.35. The van der Waals surface area contributed by atoms with Crippen LogP contribution in [0.25, 0.3) is 0 Å². The lowest BCUT2D eigenvalue weighted by atomic mass is 9.88. The molecule has 4 heteroatoms. The van der Waals surface area contributed by atoms with Crippen molar-refractivity contribution in [3.05, 3.63) is 33.3 Å². The van der Waals surface area contributed by atoms with Gasteiger partial charge in [-0.3, -0.25) is 4.90 Å². The molecule has 0 aliphatic heterocycles. The number of hydrogen-bond donors (Lipinski definition) is 1. The summed E-state index contributed by atoms with van der Waals surface area (Å²) < 4.78 is 1.05. The second kappa shape index (κ2) is 7.79. The van der Waals surface area contributed by atoms with E-state index < -0.39 is 0 Å². The number of nitrogens with two attached hydrogens (primary N) is 1. The molecule has 1 aliphatic rings. The molecule has 0 heterocycles. The van der Waals surface area contributed by atoms with Gasteiger partial charge in [-0.05, 0) is 43.5 Å². The van der Waals surface area contributed by atoms with E-state index in [2.05, 4.69) is 33.9 Å². The smallest absolute Gasteiger partial charge is 0.0478 e. The fraction of sp³-hybridized carbons (Fsp3) is 0.625. The van der Waals surface area contributed by atoms with E-state index >= 15 is 0 Å². The zero-order valence-electron chi connectivity index (χ0n) is 12.1. The maximum absolute atomic E-state index is 6.03. The Kier molecular flexibility index (Phi) is 6.34. The van der Waals surface area contributed by atoms with Gasteiger partial charge in [-0.2, -0.15) is 0 Å². The molecule has 0 saturated heterocycles. The Morgan fingerprint density at radius 1 is 1.35 bits per heavy atom. The van der Waals surface area contributed by atoms with Crippen molar-refractivity contribution in [1.82, 2.24) is 4.90 Å². The molecule has 0 radical (unpaired) electrons. The molecule has 1 unspecified atom stereocenters. The Labute approximate surface area is 135 Å². The number of rotatable bonds is 5. The Balaban J connectivity index is 2.06. The molecule has 20 heavy (non-hydrogen) atoms. The molecule has 0 amide bonds. The Bertz CT molecular complexity index is 432. The van der Waals surface area contributed by atoms with Gasteiger partial charge >= 0.3 is 0 Å². The maximum atomic E-state index is 6.03. The van der Waals surface area contributed by atoms with Gasteiger partial charge in [-0.1, -0.05) is 52.9 Å².